The van der Waals surface area contributed by atoms with Gasteiger partial charge in [0.25, 0.3) is 0 Å². The highest BCUT2D eigenvalue weighted by Crippen LogP contribution is 2.38. The highest BCUT2D eigenvalue weighted by atomic mass is 15.1. The molecule has 0 aliphatic heterocycles. The first-order chi connectivity index (χ1) is 7.79. The molecule has 1 aliphatic carbocycles. The van der Waals surface area contributed by atoms with Crippen LogP contribution < -0.4 is 5.73 Å². The quantitative estimate of drug-likeness (QED) is 0.852. The molecule has 0 saturated heterocycles. The van der Waals surface area contributed by atoms with E-state index in [2.05, 4.69) is 34.7 Å². The fraction of sp³-hybridized carbons (Fsp3) is 0.462. The number of nitrogens with two attached hydrogens (primary N) is 1. The first-order valence-electron chi connectivity index (χ1n) is 5.97. The van der Waals surface area contributed by atoms with E-state index in [4.69, 9.17) is 5.73 Å². The third-order valence-corrected chi connectivity index (χ3v) is 3.20. The molecular formula is C13H17N3. The van der Waals surface area contributed by atoms with Crippen molar-refractivity contribution < 1.29 is 0 Å². The Hall–Kier alpha value is -1.35. The van der Waals surface area contributed by atoms with Gasteiger partial charge in [-0.25, -0.2) is 4.98 Å². The maximum Gasteiger partial charge on any atom is 0.111 e. The van der Waals surface area contributed by atoms with E-state index in [9.17, 15) is 0 Å². The number of hydrogen-bond donors (Lipinski definition) is 1. The number of rotatable bonds is 3. The monoisotopic (exact) mass is 215 g/mol. The second-order valence-electron chi connectivity index (χ2n) is 4.66. The Balaban J connectivity index is 2.21. The van der Waals surface area contributed by atoms with E-state index in [1.807, 2.05) is 0 Å². The van der Waals surface area contributed by atoms with Crippen LogP contribution in [0.15, 0.2) is 18.2 Å². The lowest BCUT2D eigenvalue weighted by Crippen LogP contribution is -2.09. The Bertz CT molecular complexity index is 523. The summed E-state index contributed by atoms with van der Waals surface area (Å²) in [5.74, 6) is 1.16. The van der Waals surface area contributed by atoms with Gasteiger partial charge < -0.3 is 10.3 Å². The summed E-state index contributed by atoms with van der Waals surface area (Å²) in [5, 5.41) is 0. The number of imidazole rings is 1. The molecule has 3 rings (SSSR count). The molecule has 0 unspecified atom stereocenters. The van der Waals surface area contributed by atoms with Crippen LogP contribution in [0.3, 0.4) is 0 Å². The average Bonchev–Trinajstić information content (AvgIpc) is 3.02. The Labute approximate surface area is 95.3 Å². The number of benzene rings is 1. The van der Waals surface area contributed by atoms with Crippen LogP contribution in [-0.4, -0.2) is 16.1 Å². The number of hydrogen-bond acceptors (Lipinski definition) is 2. The first kappa shape index (κ1) is 9.85. The fourth-order valence-electron chi connectivity index (χ4n) is 2.30. The summed E-state index contributed by atoms with van der Waals surface area (Å²) in [5.41, 5.74) is 9.34. The molecule has 1 aromatic carbocycles. The van der Waals surface area contributed by atoms with Crippen molar-refractivity contribution in [3.63, 3.8) is 0 Å². The maximum absolute atomic E-state index is 5.65. The molecule has 2 aromatic rings. The average molecular weight is 215 g/mol. The number of aryl methyl sites for hydroxylation is 1. The zero-order chi connectivity index (χ0) is 11.1. The van der Waals surface area contributed by atoms with Crippen molar-refractivity contribution in [1.29, 1.82) is 0 Å². The van der Waals surface area contributed by atoms with Crippen molar-refractivity contribution in [3.05, 3.63) is 29.6 Å². The van der Waals surface area contributed by atoms with Gasteiger partial charge in [0.2, 0.25) is 0 Å². The molecule has 1 saturated carbocycles. The van der Waals surface area contributed by atoms with Crippen LogP contribution >= 0.6 is 0 Å². The SMILES string of the molecule is Cc1ccc2nc(CCN)n(C3CC3)c2c1. The summed E-state index contributed by atoms with van der Waals surface area (Å²) in [6.07, 6.45) is 3.46. The van der Waals surface area contributed by atoms with Gasteiger partial charge in [0.1, 0.15) is 5.82 Å². The van der Waals surface area contributed by atoms with Crippen LogP contribution in [0.5, 0.6) is 0 Å². The van der Waals surface area contributed by atoms with Crippen molar-refractivity contribution in [3.8, 4) is 0 Å². The van der Waals surface area contributed by atoms with Gasteiger partial charge in [-0.1, -0.05) is 6.07 Å². The van der Waals surface area contributed by atoms with Gasteiger partial charge in [-0.05, 0) is 44.0 Å². The highest BCUT2D eigenvalue weighted by Gasteiger charge is 2.27. The van der Waals surface area contributed by atoms with Gasteiger partial charge in [0.15, 0.2) is 0 Å². The minimum atomic E-state index is 0.674. The van der Waals surface area contributed by atoms with Crippen molar-refractivity contribution in [2.24, 2.45) is 5.73 Å². The van der Waals surface area contributed by atoms with E-state index in [1.54, 1.807) is 0 Å². The minimum absolute atomic E-state index is 0.674. The van der Waals surface area contributed by atoms with E-state index in [-0.39, 0.29) is 0 Å². The number of nitrogens with zero attached hydrogens (tertiary/aromatic N) is 2. The number of fused-ring (bicyclic) bond motifs is 1. The molecule has 0 atom stereocenters. The zero-order valence-corrected chi connectivity index (χ0v) is 9.61. The van der Waals surface area contributed by atoms with Crippen LogP contribution in [0, 0.1) is 6.92 Å². The lowest BCUT2D eigenvalue weighted by molar-refractivity contribution is 0.695. The minimum Gasteiger partial charge on any atom is -0.330 e. The Morgan fingerprint density at radius 3 is 2.94 bits per heavy atom. The number of aromatic nitrogens is 2. The molecule has 1 aliphatic rings. The zero-order valence-electron chi connectivity index (χ0n) is 9.61. The van der Waals surface area contributed by atoms with Gasteiger partial charge in [-0.3, -0.25) is 0 Å². The topological polar surface area (TPSA) is 43.8 Å². The van der Waals surface area contributed by atoms with Gasteiger partial charge in [-0.2, -0.15) is 0 Å². The van der Waals surface area contributed by atoms with Gasteiger partial charge >= 0.3 is 0 Å². The van der Waals surface area contributed by atoms with E-state index < -0.39 is 0 Å². The molecule has 0 spiro atoms. The van der Waals surface area contributed by atoms with Crippen molar-refractivity contribution in [2.75, 3.05) is 6.54 Å². The Morgan fingerprint density at radius 2 is 2.25 bits per heavy atom. The Kier molecular flexibility index (Phi) is 2.21. The summed E-state index contributed by atoms with van der Waals surface area (Å²) in [7, 11) is 0. The van der Waals surface area contributed by atoms with Gasteiger partial charge in [0.05, 0.1) is 11.0 Å². The van der Waals surface area contributed by atoms with E-state index in [0.717, 1.165) is 17.8 Å². The van der Waals surface area contributed by atoms with Crippen LogP contribution in [0.4, 0.5) is 0 Å². The molecule has 0 bridgehead atoms. The lowest BCUT2D eigenvalue weighted by atomic mass is 10.2. The van der Waals surface area contributed by atoms with E-state index in [0.29, 0.717) is 12.6 Å². The molecule has 84 valence electrons. The molecule has 3 nitrogen and oxygen atoms in total. The van der Waals surface area contributed by atoms with Crippen LogP contribution in [0.1, 0.15) is 30.3 Å². The largest absolute Gasteiger partial charge is 0.330 e. The van der Waals surface area contributed by atoms with Gasteiger partial charge in [0, 0.05) is 12.5 Å². The molecular weight excluding hydrogens is 198 g/mol. The maximum atomic E-state index is 5.65. The smallest absolute Gasteiger partial charge is 0.111 e. The molecule has 3 heteroatoms. The van der Waals surface area contributed by atoms with Crippen molar-refractivity contribution in [2.45, 2.75) is 32.2 Å². The van der Waals surface area contributed by atoms with Crippen molar-refractivity contribution in [1.82, 2.24) is 9.55 Å². The molecule has 1 heterocycles. The van der Waals surface area contributed by atoms with Crippen LogP contribution in [0.2, 0.25) is 0 Å². The van der Waals surface area contributed by atoms with Crippen LogP contribution in [0.25, 0.3) is 11.0 Å². The van der Waals surface area contributed by atoms with Crippen LogP contribution in [-0.2, 0) is 6.42 Å². The molecule has 1 aromatic heterocycles. The second kappa shape index (κ2) is 3.59. The molecule has 1 fully saturated rings. The molecule has 0 radical (unpaired) electrons. The molecule has 2 N–H and O–H groups in total. The summed E-state index contributed by atoms with van der Waals surface area (Å²) < 4.78 is 2.40. The Morgan fingerprint density at radius 1 is 1.44 bits per heavy atom. The third kappa shape index (κ3) is 1.52. The first-order valence-corrected chi connectivity index (χ1v) is 5.97. The molecule has 0 amide bonds. The predicted octanol–water partition coefficient (Wildman–Crippen LogP) is 2.18. The fourth-order valence-corrected chi connectivity index (χ4v) is 2.30. The summed E-state index contributed by atoms with van der Waals surface area (Å²) in [6.45, 7) is 2.81. The highest BCUT2D eigenvalue weighted by molar-refractivity contribution is 5.77. The van der Waals surface area contributed by atoms with Crippen molar-refractivity contribution >= 4 is 11.0 Å². The normalized spacial score (nSPS) is 15.9. The standard InChI is InChI=1S/C13H17N3/c1-9-2-5-11-12(8-9)16(10-3-4-10)13(15-11)6-7-14/h2,5,8,10H,3-4,6-7,14H2,1H3. The predicted molar refractivity (Wildman–Crippen MR) is 65.5 cm³/mol. The summed E-state index contributed by atoms with van der Waals surface area (Å²) in [4.78, 5) is 4.69. The lowest BCUT2D eigenvalue weighted by Gasteiger charge is -2.06. The third-order valence-electron chi connectivity index (χ3n) is 3.20. The van der Waals surface area contributed by atoms with E-state index in [1.165, 1.54) is 23.9 Å². The summed E-state index contributed by atoms with van der Waals surface area (Å²) in [6, 6.07) is 7.15. The summed E-state index contributed by atoms with van der Waals surface area (Å²) >= 11 is 0. The second-order valence-corrected chi connectivity index (χ2v) is 4.66. The molecule has 16 heavy (non-hydrogen) atoms. The van der Waals surface area contributed by atoms with Gasteiger partial charge in [-0.15, -0.1) is 0 Å². The van der Waals surface area contributed by atoms with E-state index >= 15 is 0 Å².